The summed E-state index contributed by atoms with van der Waals surface area (Å²) in [5.74, 6) is -0.404. The second kappa shape index (κ2) is 7.06. The highest BCUT2D eigenvalue weighted by molar-refractivity contribution is 7.91. The van der Waals surface area contributed by atoms with Gasteiger partial charge < -0.3 is 4.42 Å². The van der Waals surface area contributed by atoms with Crippen LogP contribution in [-0.4, -0.2) is 48.4 Å². The second-order valence-electron chi connectivity index (χ2n) is 6.49. The van der Waals surface area contributed by atoms with Crippen LogP contribution in [0.2, 0.25) is 4.34 Å². The molecule has 4 rings (SSSR count). The van der Waals surface area contributed by atoms with E-state index in [4.69, 9.17) is 16.0 Å². The molecule has 0 saturated carbocycles. The first kappa shape index (κ1) is 18.7. The van der Waals surface area contributed by atoms with Crippen LogP contribution < -0.4 is 5.76 Å². The van der Waals surface area contributed by atoms with Gasteiger partial charge >= 0.3 is 5.76 Å². The van der Waals surface area contributed by atoms with Crippen LogP contribution in [0.3, 0.4) is 0 Å². The Bertz CT molecular complexity index is 1140. The molecular weight excluding hydrogens is 410 g/mol. The maximum Gasteiger partial charge on any atom is 0.421 e. The van der Waals surface area contributed by atoms with Gasteiger partial charge in [0.15, 0.2) is 5.58 Å². The first-order chi connectivity index (χ1) is 12.8. The van der Waals surface area contributed by atoms with Crippen molar-refractivity contribution in [2.45, 2.75) is 17.8 Å². The van der Waals surface area contributed by atoms with Gasteiger partial charge in [0.25, 0.3) is 10.0 Å². The second-order valence-corrected chi connectivity index (χ2v) is 10.4. The van der Waals surface area contributed by atoms with Gasteiger partial charge in [0.05, 0.1) is 16.5 Å². The van der Waals surface area contributed by atoms with Crippen molar-refractivity contribution >= 4 is 44.1 Å². The van der Waals surface area contributed by atoms with Gasteiger partial charge in [-0.2, -0.15) is 4.31 Å². The Hall–Kier alpha value is -1.65. The number of hydrogen-bond acceptors (Lipinski definition) is 6. The van der Waals surface area contributed by atoms with Crippen LogP contribution in [0.4, 0.5) is 0 Å². The molecule has 0 amide bonds. The van der Waals surface area contributed by atoms with Crippen molar-refractivity contribution in [1.29, 1.82) is 0 Å². The smallest absolute Gasteiger partial charge is 0.408 e. The summed E-state index contributed by atoms with van der Waals surface area (Å²) in [5, 5.41) is 0. The SMILES string of the molecule is Cc1ccc2oc(=O)n(CN3CCN(S(=O)(=O)c4ccc(Cl)s4)CC3)c2c1. The Balaban J connectivity index is 1.48. The van der Waals surface area contributed by atoms with Gasteiger partial charge in [0.2, 0.25) is 0 Å². The quantitative estimate of drug-likeness (QED) is 0.639. The number of benzene rings is 1. The zero-order valence-corrected chi connectivity index (χ0v) is 17.0. The lowest BCUT2D eigenvalue weighted by Gasteiger charge is -2.33. The lowest BCUT2D eigenvalue weighted by Crippen LogP contribution is -2.49. The van der Waals surface area contributed by atoms with E-state index in [9.17, 15) is 13.2 Å². The summed E-state index contributed by atoms with van der Waals surface area (Å²) in [4.78, 5) is 14.2. The van der Waals surface area contributed by atoms with E-state index in [0.717, 1.165) is 22.4 Å². The number of nitrogens with zero attached hydrogens (tertiary/aromatic N) is 3. The van der Waals surface area contributed by atoms with E-state index in [2.05, 4.69) is 0 Å². The number of thiophene rings is 1. The number of rotatable bonds is 4. The normalized spacial score (nSPS) is 17.0. The van der Waals surface area contributed by atoms with Crippen molar-refractivity contribution in [3.63, 3.8) is 0 Å². The minimum absolute atomic E-state index is 0.258. The minimum atomic E-state index is -3.52. The van der Waals surface area contributed by atoms with Gasteiger partial charge in [0, 0.05) is 26.2 Å². The van der Waals surface area contributed by atoms with Crippen LogP contribution in [0.25, 0.3) is 11.1 Å². The van der Waals surface area contributed by atoms with Crippen molar-refractivity contribution in [3.8, 4) is 0 Å². The molecule has 1 aliphatic heterocycles. The van der Waals surface area contributed by atoms with Gasteiger partial charge in [-0.1, -0.05) is 17.7 Å². The molecular formula is C17H18ClN3O4S2. The lowest BCUT2D eigenvalue weighted by atomic mass is 10.2. The fourth-order valence-electron chi connectivity index (χ4n) is 3.18. The van der Waals surface area contributed by atoms with Gasteiger partial charge in [-0.15, -0.1) is 11.3 Å². The Morgan fingerprint density at radius 3 is 2.56 bits per heavy atom. The Morgan fingerprint density at radius 2 is 1.89 bits per heavy atom. The summed E-state index contributed by atoms with van der Waals surface area (Å²) in [6.45, 7) is 4.12. The van der Waals surface area contributed by atoms with Crippen molar-refractivity contribution < 1.29 is 12.8 Å². The summed E-state index contributed by atoms with van der Waals surface area (Å²) in [5.41, 5.74) is 2.35. The highest BCUT2D eigenvalue weighted by Gasteiger charge is 2.30. The van der Waals surface area contributed by atoms with E-state index >= 15 is 0 Å². The molecule has 7 nitrogen and oxygen atoms in total. The summed E-state index contributed by atoms with van der Waals surface area (Å²) in [6.07, 6.45) is 0. The zero-order valence-electron chi connectivity index (χ0n) is 14.6. The van der Waals surface area contributed by atoms with Crippen LogP contribution in [0, 0.1) is 6.92 Å². The Kier molecular flexibility index (Phi) is 4.89. The summed E-state index contributed by atoms with van der Waals surface area (Å²) in [7, 11) is -3.52. The van der Waals surface area contributed by atoms with E-state index in [1.807, 2.05) is 24.0 Å². The third kappa shape index (κ3) is 3.57. The molecule has 1 fully saturated rings. The van der Waals surface area contributed by atoms with E-state index < -0.39 is 15.8 Å². The fourth-order valence-corrected chi connectivity index (χ4v) is 6.24. The lowest BCUT2D eigenvalue weighted by molar-refractivity contribution is 0.150. The average molecular weight is 428 g/mol. The molecule has 2 aromatic heterocycles. The van der Waals surface area contributed by atoms with Crippen LogP contribution in [-0.2, 0) is 16.7 Å². The number of halogens is 1. The number of oxazole rings is 1. The minimum Gasteiger partial charge on any atom is -0.408 e. The first-order valence-electron chi connectivity index (χ1n) is 8.42. The van der Waals surface area contributed by atoms with Gasteiger partial charge in [0.1, 0.15) is 4.21 Å². The molecule has 0 bridgehead atoms. The molecule has 0 atom stereocenters. The van der Waals surface area contributed by atoms with E-state index in [1.54, 1.807) is 16.7 Å². The monoisotopic (exact) mass is 427 g/mol. The number of sulfonamides is 1. The third-order valence-electron chi connectivity index (χ3n) is 4.64. The molecule has 3 aromatic rings. The molecule has 0 unspecified atom stereocenters. The van der Waals surface area contributed by atoms with Crippen LogP contribution in [0.5, 0.6) is 0 Å². The Labute approximate surface area is 165 Å². The molecule has 3 heterocycles. The Morgan fingerprint density at radius 1 is 1.15 bits per heavy atom. The highest BCUT2D eigenvalue weighted by Crippen LogP contribution is 2.28. The van der Waals surface area contributed by atoms with E-state index in [-0.39, 0.29) is 4.21 Å². The molecule has 144 valence electrons. The molecule has 0 aliphatic carbocycles. The molecule has 10 heteroatoms. The number of piperazine rings is 1. The standard InChI is InChI=1S/C17H18ClN3O4S2/c1-12-2-3-14-13(10-12)21(17(22)25-14)11-19-6-8-20(9-7-19)27(23,24)16-5-4-15(18)26-16/h2-5,10H,6-9,11H2,1H3. The highest BCUT2D eigenvalue weighted by atomic mass is 35.5. The number of hydrogen-bond donors (Lipinski definition) is 0. The molecule has 1 aliphatic rings. The predicted octanol–water partition coefficient (Wildman–Crippen LogP) is 2.58. The summed E-state index contributed by atoms with van der Waals surface area (Å²) >= 11 is 6.93. The van der Waals surface area contributed by atoms with Gasteiger partial charge in [-0.25, -0.2) is 13.2 Å². The molecule has 0 spiro atoms. The summed E-state index contributed by atoms with van der Waals surface area (Å²) in [6, 6.07) is 8.73. The molecule has 1 aromatic carbocycles. The average Bonchev–Trinajstić information content (AvgIpc) is 3.20. The summed E-state index contributed by atoms with van der Waals surface area (Å²) < 4.78 is 34.4. The largest absolute Gasteiger partial charge is 0.421 e. The first-order valence-corrected chi connectivity index (χ1v) is 11.1. The van der Waals surface area contributed by atoms with Crippen molar-refractivity contribution in [3.05, 3.63) is 50.8 Å². The van der Waals surface area contributed by atoms with Crippen molar-refractivity contribution in [2.24, 2.45) is 0 Å². The van der Waals surface area contributed by atoms with Crippen LogP contribution in [0.1, 0.15) is 5.56 Å². The van der Waals surface area contributed by atoms with Crippen LogP contribution in [0.15, 0.2) is 43.8 Å². The topological polar surface area (TPSA) is 75.8 Å². The molecule has 0 N–H and O–H groups in total. The molecule has 0 radical (unpaired) electrons. The van der Waals surface area contributed by atoms with Gasteiger partial charge in [-0.3, -0.25) is 9.47 Å². The number of aromatic nitrogens is 1. The number of aryl methyl sites for hydroxylation is 1. The van der Waals surface area contributed by atoms with Crippen LogP contribution >= 0.6 is 22.9 Å². The maximum absolute atomic E-state index is 12.7. The zero-order chi connectivity index (χ0) is 19.2. The maximum atomic E-state index is 12.7. The number of fused-ring (bicyclic) bond motifs is 1. The molecule has 27 heavy (non-hydrogen) atoms. The van der Waals surface area contributed by atoms with Crippen molar-refractivity contribution in [2.75, 3.05) is 26.2 Å². The fraction of sp³-hybridized carbons (Fsp3) is 0.353. The van der Waals surface area contributed by atoms with Gasteiger partial charge in [-0.05, 0) is 36.8 Å². The van der Waals surface area contributed by atoms with Crippen molar-refractivity contribution in [1.82, 2.24) is 13.8 Å². The van der Waals surface area contributed by atoms with E-state index in [1.165, 1.54) is 10.4 Å². The molecule has 1 saturated heterocycles. The van der Waals surface area contributed by atoms with E-state index in [0.29, 0.717) is 42.8 Å². The predicted molar refractivity (Wildman–Crippen MR) is 105 cm³/mol. The third-order valence-corrected chi connectivity index (χ3v) is 8.24.